The molecule has 33 heavy (non-hydrogen) atoms. The predicted molar refractivity (Wildman–Crippen MR) is 124 cm³/mol. The summed E-state index contributed by atoms with van der Waals surface area (Å²) in [6.45, 7) is 14.0. The van der Waals surface area contributed by atoms with Crippen molar-refractivity contribution in [1.82, 2.24) is 0 Å². The number of Topliss-reactive ketones (excluding diaryl/α,β-unsaturated/α-hetero) is 2. The molecule has 0 amide bonds. The maximum Gasteiger partial charge on any atom is 0.309 e. The molecule has 0 aromatic heterocycles. The van der Waals surface area contributed by atoms with Crippen LogP contribution in [0.25, 0.3) is 0 Å². The van der Waals surface area contributed by atoms with E-state index in [9.17, 15) is 19.2 Å². The maximum absolute atomic E-state index is 12.4. The first-order chi connectivity index (χ1) is 15.3. The first-order valence-electron chi connectivity index (χ1n) is 12.2. The van der Waals surface area contributed by atoms with Crippen molar-refractivity contribution in [2.24, 2.45) is 52.3 Å². The van der Waals surface area contributed by atoms with Crippen molar-refractivity contribution >= 4 is 23.5 Å². The zero-order valence-electron chi connectivity index (χ0n) is 21.2. The van der Waals surface area contributed by atoms with Crippen LogP contribution >= 0.6 is 0 Å². The Morgan fingerprint density at radius 2 is 1.42 bits per heavy atom. The van der Waals surface area contributed by atoms with Gasteiger partial charge in [-0.05, 0) is 55.8 Å². The highest BCUT2D eigenvalue weighted by atomic mass is 16.5. The fraction of sp³-hybridized carbons (Fsp3) is 0.778. The molecule has 6 fully saturated rings. The second kappa shape index (κ2) is 8.99. The van der Waals surface area contributed by atoms with E-state index < -0.39 is 0 Å². The number of allylic oxidation sites excluding steroid dienone is 1. The lowest BCUT2D eigenvalue weighted by Gasteiger charge is -2.55. The predicted octanol–water partition coefficient (Wildman–Crippen LogP) is 4.40. The smallest absolute Gasteiger partial charge is 0.309 e. The highest BCUT2D eigenvalue weighted by Gasteiger charge is 2.60. The van der Waals surface area contributed by atoms with E-state index in [1.54, 1.807) is 0 Å². The summed E-state index contributed by atoms with van der Waals surface area (Å²) in [6.07, 6.45) is 4.13. The maximum atomic E-state index is 12.4. The molecule has 9 atom stereocenters. The minimum atomic E-state index is -0.275. The number of fused-ring (bicyclic) bond motifs is 6. The number of methoxy groups -OCH3 is 2. The van der Waals surface area contributed by atoms with Gasteiger partial charge in [0.05, 0.1) is 26.1 Å². The second-order valence-electron chi connectivity index (χ2n) is 11.4. The summed E-state index contributed by atoms with van der Waals surface area (Å²) in [4.78, 5) is 47.9. The Balaban J connectivity index is 0.000000189. The Hall–Kier alpha value is -1.98. The highest BCUT2D eigenvalue weighted by Crippen LogP contribution is 2.59. The lowest BCUT2D eigenvalue weighted by molar-refractivity contribution is -0.170. The number of esters is 2. The van der Waals surface area contributed by atoms with Gasteiger partial charge in [-0.25, -0.2) is 0 Å². The Morgan fingerprint density at radius 3 is 1.94 bits per heavy atom. The van der Waals surface area contributed by atoms with Crippen molar-refractivity contribution in [3.8, 4) is 0 Å². The fourth-order valence-electron chi connectivity index (χ4n) is 7.20. The van der Waals surface area contributed by atoms with Crippen molar-refractivity contribution in [2.75, 3.05) is 14.2 Å². The van der Waals surface area contributed by atoms with Gasteiger partial charge in [-0.1, -0.05) is 39.8 Å². The summed E-state index contributed by atoms with van der Waals surface area (Å²) < 4.78 is 9.76. The molecule has 2 unspecified atom stereocenters. The van der Waals surface area contributed by atoms with E-state index in [4.69, 9.17) is 9.47 Å². The summed E-state index contributed by atoms with van der Waals surface area (Å²) in [7, 11) is 2.86. The molecule has 0 spiro atoms. The Bertz CT molecular complexity index is 861. The van der Waals surface area contributed by atoms with Gasteiger partial charge < -0.3 is 9.47 Å². The van der Waals surface area contributed by atoms with Crippen molar-refractivity contribution in [2.45, 2.75) is 66.7 Å². The van der Waals surface area contributed by atoms with Crippen LogP contribution < -0.4 is 0 Å². The summed E-state index contributed by atoms with van der Waals surface area (Å²) in [5, 5.41) is 0. The molecule has 0 saturated heterocycles. The summed E-state index contributed by atoms with van der Waals surface area (Å²) >= 11 is 0. The van der Waals surface area contributed by atoms with Crippen molar-refractivity contribution in [1.29, 1.82) is 0 Å². The SMILES string of the molecule is C=C(C)[C@@H]1C[C@]2(C)[C@H](C)C(=O)C1C[C@@H]2C(=O)OC.COC(=O)[C@H]1CC2CC[C@]1(C)[C@H](C)C2=O. The zero-order chi connectivity index (χ0) is 24.9. The fourth-order valence-corrected chi connectivity index (χ4v) is 7.20. The first kappa shape index (κ1) is 25.6. The number of ether oxygens (including phenoxy) is 2. The molecular weight excluding hydrogens is 420 g/mol. The van der Waals surface area contributed by atoms with Gasteiger partial charge in [0.1, 0.15) is 11.6 Å². The third-order valence-corrected chi connectivity index (χ3v) is 9.98. The Kier molecular flexibility index (Phi) is 6.99. The first-order valence-corrected chi connectivity index (χ1v) is 12.2. The van der Waals surface area contributed by atoms with Crippen LogP contribution in [0.5, 0.6) is 0 Å². The molecule has 4 bridgehead atoms. The topological polar surface area (TPSA) is 86.7 Å². The molecule has 6 saturated carbocycles. The average molecular weight is 461 g/mol. The standard InChI is InChI=1S/C15H22O3.C12H18O3/c1-8(2)11-7-15(4)9(3)13(16)10(11)6-12(15)14(17)18-5;1-7-10(13)8-4-5-12(7,2)9(6-8)11(14)15-3/h9-12H,1,6-7H2,2-5H3;7-9H,4-6H2,1-3H3/t9-,10?,11+,12-,15-;7-,8?,9-,12-/m11/s1. The summed E-state index contributed by atoms with van der Waals surface area (Å²) in [5.74, 6) is 0.383. The van der Waals surface area contributed by atoms with Gasteiger partial charge in [0.15, 0.2) is 0 Å². The van der Waals surface area contributed by atoms with E-state index >= 15 is 0 Å². The van der Waals surface area contributed by atoms with E-state index in [0.717, 1.165) is 24.8 Å². The normalized spacial score (nSPS) is 43.4. The Morgan fingerprint density at radius 1 is 0.909 bits per heavy atom. The van der Waals surface area contributed by atoms with Gasteiger partial charge in [-0.3, -0.25) is 19.2 Å². The van der Waals surface area contributed by atoms with E-state index in [-0.39, 0.29) is 64.2 Å². The zero-order valence-corrected chi connectivity index (χ0v) is 21.2. The molecule has 0 N–H and O–H groups in total. The molecule has 6 rings (SSSR count). The van der Waals surface area contributed by atoms with E-state index in [1.807, 2.05) is 20.8 Å². The Labute approximate surface area is 197 Å². The highest BCUT2D eigenvalue weighted by molar-refractivity contribution is 5.90. The molecule has 0 heterocycles. The summed E-state index contributed by atoms with van der Waals surface area (Å²) in [6, 6.07) is 0. The molecule has 6 nitrogen and oxygen atoms in total. The number of carbonyl (C=O) groups is 4. The molecule has 0 aromatic rings. The second-order valence-corrected chi connectivity index (χ2v) is 11.4. The van der Waals surface area contributed by atoms with Gasteiger partial charge in [0, 0.05) is 23.7 Å². The molecule has 6 heteroatoms. The van der Waals surface area contributed by atoms with Gasteiger partial charge in [0.2, 0.25) is 0 Å². The van der Waals surface area contributed by atoms with Crippen molar-refractivity contribution in [3.63, 3.8) is 0 Å². The molecule has 6 aliphatic rings. The number of rotatable bonds is 3. The number of ketones is 2. The van der Waals surface area contributed by atoms with E-state index in [0.29, 0.717) is 24.4 Å². The average Bonchev–Trinajstić information content (AvgIpc) is 2.79. The largest absolute Gasteiger partial charge is 0.469 e. The quantitative estimate of drug-likeness (QED) is 0.458. The van der Waals surface area contributed by atoms with E-state index in [2.05, 4.69) is 20.4 Å². The van der Waals surface area contributed by atoms with Crippen LogP contribution in [0.15, 0.2) is 12.2 Å². The lowest BCUT2D eigenvalue weighted by Crippen LogP contribution is -2.57. The van der Waals surface area contributed by atoms with Gasteiger partial charge in [-0.2, -0.15) is 0 Å². The van der Waals surface area contributed by atoms with E-state index in [1.165, 1.54) is 14.2 Å². The molecule has 0 aliphatic heterocycles. The van der Waals surface area contributed by atoms with Crippen LogP contribution in [-0.4, -0.2) is 37.7 Å². The lowest BCUT2D eigenvalue weighted by atomic mass is 9.47. The van der Waals surface area contributed by atoms with Crippen LogP contribution in [0.2, 0.25) is 0 Å². The minimum Gasteiger partial charge on any atom is -0.469 e. The van der Waals surface area contributed by atoms with Gasteiger partial charge in [0.25, 0.3) is 0 Å². The third kappa shape index (κ3) is 3.97. The van der Waals surface area contributed by atoms with Crippen LogP contribution in [-0.2, 0) is 28.7 Å². The minimum absolute atomic E-state index is 0.00843. The molecule has 0 aromatic carbocycles. The van der Waals surface area contributed by atoms with Gasteiger partial charge >= 0.3 is 11.9 Å². The van der Waals surface area contributed by atoms with Crippen LogP contribution in [0, 0.1) is 52.3 Å². The monoisotopic (exact) mass is 460 g/mol. The van der Waals surface area contributed by atoms with Gasteiger partial charge in [-0.15, -0.1) is 0 Å². The molecular formula is C27H40O6. The molecule has 0 radical (unpaired) electrons. The number of hydrogen-bond donors (Lipinski definition) is 0. The summed E-state index contributed by atoms with van der Waals surface area (Å²) in [5.41, 5.74) is 0.622. The molecule has 184 valence electrons. The third-order valence-electron chi connectivity index (χ3n) is 9.98. The number of carbonyl (C=O) groups excluding carboxylic acids is 4. The number of hydrogen-bond acceptors (Lipinski definition) is 6. The van der Waals surface area contributed by atoms with Crippen molar-refractivity contribution in [3.05, 3.63) is 12.2 Å². The molecule has 6 aliphatic carbocycles. The van der Waals surface area contributed by atoms with Crippen LogP contribution in [0.1, 0.15) is 66.7 Å². The van der Waals surface area contributed by atoms with Crippen LogP contribution in [0.3, 0.4) is 0 Å². The van der Waals surface area contributed by atoms with Crippen molar-refractivity contribution < 1.29 is 28.7 Å². The van der Waals surface area contributed by atoms with Crippen LogP contribution in [0.4, 0.5) is 0 Å².